The van der Waals surface area contributed by atoms with Gasteiger partial charge in [-0.3, -0.25) is 0 Å². The number of allylic oxidation sites excluding steroid dienone is 1. The highest BCUT2D eigenvalue weighted by molar-refractivity contribution is 7.90. The van der Waals surface area contributed by atoms with Crippen molar-refractivity contribution in [3.05, 3.63) is 12.2 Å². The van der Waals surface area contributed by atoms with E-state index >= 15 is 0 Å². The average molecular weight is 201 g/mol. The summed E-state index contributed by atoms with van der Waals surface area (Å²) in [6.45, 7) is 0. The zero-order valence-corrected chi connectivity index (χ0v) is 8.39. The van der Waals surface area contributed by atoms with Crippen LogP contribution in [0.4, 0.5) is 0 Å². The predicted molar refractivity (Wildman–Crippen MR) is 51.9 cm³/mol. The molecule has 0 aromatic carbocycles. The third-order valence-corrected chi connectivity index (χ3v) is 4.57. The molecule has 0 amide bonds. The highest BCUT2D eigenvalue weighted by atomic mass is 32.2. The molecule has 2 aliphatic carbocycles. The van der Waals surface area contributed by atoms with Crippen LogP contribution in [0, 0.1) is 0 Å². The van der Waals surface area contributed by atoms with E-state index in [2.05, 4.69) is 16.9 Å². The molecule has 0 aromatic heterocycles. The van der Waals surface area contributed by atoms with Crippen molar-refractivity contribution in [1.29, 1.82) is 0 Å². The molecule has 0 spiro atoms. The lowest BCUT2D eigenvalue weighted by Crippen LogP contribution is -2.37. The first-order chi connectivity index (χ1) is 6.18. The summed E-state index contributed by atoms with van der Waals surface area (Å²) in [5.41, 5.74) is 0. The number of hydrogen-bond acceptors (Lipinski definition) is 2. The largest absolute Gasteiger partial charge is 0.214 e. The summed E-state index contributed by atoms with van der Waals surface area (Å²) >= 11 is 0. The van der Waals surface area contributed by atoms with E-state index in [4.69, 9.17) is 0 Å². The maximum absolute atomic E-state index is 11.5. The van der Waals surface area contributed by atoms with E-state index in [9.17, 15) is 8.42 Å². The first-order valence-electron chi connectivity index (χ1n) is 4.84. The van der Waals surface area contributed by atoms with Crippen molar-refractivity contribution >= 4 is 10.0 Å². The Morgan fingerprint density at radius 3 is 2.46 bits per heavy atom. The van der Waals surface area contributed by atoms with Gasteiger partial charge >= 0.3 is 0 Å². The molecule has 1 unspecified atom stereocenters. The molecule has 0 bridgehead atoms. The Balaban J connectivity index is 1.92. The Kier molecular flexibility index (Phi) is 2.43. The molecule has 0 aromatic rings. The summed E-state index contributed by atoms with van der Waals surface area (Å²) in [7, 11) is -2.97. The molecule has 2 aliphatic rings. The van der Waals surface area contributed by atoms with Crippen LogP contribution in [-0.2, 0) is 10.0 Å². The fraction of sp³-hybridized carbons (Fsp3) is 0.778. The molecular weight excluding hydrogens is 186 g/mol. The van der Waals surface area contributed by atoms with Gasteiger partial charge in [-0.2, -0.15) is 0 Å². The van der Waals surface area contributed by atoms with E-state index in [1.807, 2.05) is 0 Å². The van der Waals surface area contributed by atoms with Crippen LogP contribution in [0.15, 0.2) is 12.2 Å². The van der Waals surface area contributed by atoms with Gasteiger partial charge in [-0.25, -0.2) is 13.1 Å². The quantitative estimate of drug-likeness (QED) is 0.697. The zero-order chi connectivity index (χ0) is 9.31. The predicted octanol–water partition coefficient (Wildman–Crippen LogP) is 1.18. The minimum Gasteiger partial charge on any atom is -0.212 e. The Morgan fingerprint density at radius 1 is 1.15 bits per heavy atom. The summed E-state index contributed by atoms with van der Waals surface area (Å²) in [5, 5.41) is -0.0848. The lowest BCUT2D eigenvalue weighted by molar-refractivity contribution is 0.521. The van der Waals surface area contributed by atoms with Crippen molar-refractivity contribution in [1.82, 2.24) is 4.72 Å². The normalized spacial score (nSPS) is 29.1. The van der Waals surface area contributed by atoms with Crippen molar-refractivity contribution in [2.45, 2.75) is 43.4 Å². The van der Waals surface area contributed by atoms with Crippen LogP contribution in [0.2, 0.25) is 0 Å². The van der Waals surface area contributed by atoms with Gasteiger partial charge in [0.2, 0.25) is 10.0 Å². The molecule has 0 heterocycles. The van der Waals surface area contributed by atoms with Crippen LogP contribution in [-0.4, -0.2) is 19.7 Å². The lowest BCUT2D eigenvalue weighted by atomic mass is 10.0. The molecule has 1 saturated carbocycles. The van der Waals surface area contributed by atoms with Gasteiger partial charge in [-0.15, -0.1) is 0 Å². The summed E-state index contributed by atoms with van der Waals surface area (Å²) in [6.07, 6.45) is 8.66. The van der Waals surface area contributed by atoms with Gasteiger partial charge in [0.1, 0.15) is 0 Å². The monoisotopic (exact) mass is 201 g/mol. The molecule has 2 rings (SSSR count). The summed E-state index contributed by atoms with van der Waals surface area (Å²) in [5.74, 6) is 0. The molecule has 0 aliphatic heterocycles. The second kappa shape index (κ2) is 3.42. The summed E-state index contributed by atoms with van der Waals surface area (Å²) < 4.78 is 25.8. The fourth-order valence-electron chi connectivity index (χ4n) is 1.61. The first-order valence-corrected chi connectivity index (χ1v) is 6.39. The fourth-order valence-corrected chi connectivity index (χ4v) is 3.24. The molecule has 1 N–H and O–H groups in total. The minimum atomic E-state index is -2.97. The lowest BCUT2D eigenvalue weighted by Gasteiger charge is -2.18. The molecule has 13 heavy (non-hydrogen) atoms. The van der Waals surface area contributed by atoms with Crippen LogP contribution in [0.25, 0.3) is 0 Å². The van der Waals surface area contributed by atoms with E-state index in [1.54, 1.807) is 0 Å². The van der Waals surface area contributed by atoms with E-state index < -0.39 is 10.0 Å². The van der Waals surface area contributed by atoms with Crippen LogP contribution in [0.1, 0.15) is 32.1 Å². The minimum absolute atomic E-state index is 0.0848. The molecule has 3 nitrogen and oxygen atoms in total. The van der Waals surface area contributed by atoms with Crippen molar-refractivity contribution in [3.8, 4) is 0 Å². The SMILES string of the molecule is O=S(=O)(NC1CC=CCC1)C1CC1. The molecule has 0 radical (unpaired) electrons. The van der Waals surface area contributed by atoms with E-state index in [-0.39, 0.29) is 11.3 Å². The Bertz CT molecular complexity index is 304. The van der Waals surface area contributed by atoms with Crippen molar-refractivity contribution in [2.24, 2.45) is 0 Å². The summed E-state index contributed by atoms with van der Waals surface area (Å²) in [6, 6.07) is 0.149. The molecule has 0 saturated heterocycles. The number of sulfonamides is 1. The van der Waals surface area contributed by atoms with Gasteiger partial charge in [0, 0.05) is 6.04 Å². The van der Waals surface area contributed by atoms with E-state index in [0.29, 0.717) is 0 Å². The van der Waals surface area contributed by atoms with Gasteiger partial charge in [-0.05, 0) is 32.1 Å². The maximum Gasteiger partial charge on any atom is 0.214 e. The van der Waals surface area contributed by atoms with Crippen LogP contribution >= 0.6 is 0 Å². The number of rotatable bonds is 3. The standard InChI is InChI=1S/C9H15NO2S/c11-13(12,9-6-7-9)10-8-4-2-1-3-5-8/h1-2,8-10H,3-7H2. The second-order valence-corrected chi connectivity index (χ2v) is 5.84. The number of hydrogen-bond donors (Lipinski definition) is 1. The molecule has 1 fully saturated rings. The van der Waals surface area contributed by atoms with Crippen molar-refractivity contribution in [2.75, 3.05) is 0 Å². The van der Waals surface area contributed by atoms with Crippen LogP contribution in [0.3, 0.4) is 0 Å². The van der Waals surface area contributed by atoms with E-state index in [1.165, 1.54) is 0 Å². The summed E-state index contributed by atoms with van der Waals surface area (Å²) in [4.78, 5) is 0. The first kappa shape index (κ1) is 9.21. The second-order valence-electron chi connectivity index (χ2n) is 3.84. The van der Waals surface area contributed by atoms with Crippen LogP contribution < -0.4 is 4.72 Å². The smallest absolute Gasteiger partial charge is 0.212 e. The van der Waals surface area contributed by atoms with Crippen molar-refractivity contribution in [3.63, 3.8) is 0 Å². The third-order valence-electron chi connectivity index (χ3n) is 2.56. The topological polar surface area (TPSA) is 46.2 Å². The highest BCUT2D eigenvalue weighted by Gasteiger charge is 2.36. The Morgan fingerprint density at radius 2 is 1.92 bits per heavy atom. The van der Waals surface area contributed by atoms with Gasteiger partial charge in [0.25, 0.3) is 0 Å². The molecular formula is C9H15NO2S. The highest BCUT2D eigenvalue weighted by Crippen LogP contribution is 2.28. The molecule has 1 atom stereocenters. The molecule has 74 valence electrons. The van der Waals surface area contributed by atoms with Gasteiger partial charge < -0.3 is 0 Å². The van der Waals surface area contributed by atoms with Crippen LogP contribution in [0.5, 0.6) is 0 Å². The Labute approximate surface area is 79.3 Å². The van der Waals surface area contributed by atoms with Gasteiger partial charge in [0.05, 0.1) is 5.25 Å². The zero-order valence-electron chi connectivity index (χ0n) is 7.57. The molecule has 4 heteroatoms. The van der Waals surface area contributed by atoms with Crippen molar-refractivity contribution < 1.29 is 8.42 Å². The third kappa shape index (κ3) is 2.31. The average Bonchev–Trinajstić information content (AvgIpc) is 2.87. The number of nitrogens with one attached hydrogen (secondary N) is 1. The van der Waals surface area contributed by atoms with Gasteiger partial charge in [0.15, 0.2) is 0 Å². The maximum atomic E-state index is 11.5. The van der Waals surface area contributed by atoms with E-state index in [0.717, 1.165) is 32.1 Å². The van der Waals surface area contributed by atoms with Gasteiger partial charge in [-0.1, -0.05) is 12.2 Å². The Hall–Kier alpha value is -0.350.